The number of nitriles is 1. The zero-order valence-electron chi connectivity index (χ0n) is 12.4. The topological polar surface area (TPSA) is 35.8 Å². The minimum atomic E-state index is 0.318. The summed E-state index contributed by atoms with van der Waals surface area (Å²) in [5.74, 6) is 0. The molecule has 2 aromatic carbocycles. The summed E-state index contributed by atoms with van der Waals surface area (Å²) in [7, 11) is 0. The molecule has 1 N–H and O–H groups in total. The standard InChI is InChI=1S/C18H19BrN2/c1-13-4-3-5-15(10-13)7-6-14(2)21-18-9-8-17(19)11-16(18)12-20/h3-5,8-11,14,21H,6-7H2,1-2H3. The molecule has 0 amide bonds. The molecule has 0 aliphatic carbocycles. The maximum atomic E-state index is 9.18. The quantitative estimate of drug-likeness (QED) is 0.823. The van der Waals surface area contributed by atoms with Gasteiger partial charge in [0.25, 0.3) is 0 Å². The van der Waals surface area contributed by atoms with Gasteiger partial charge in [-0.05, 0) is 50.5 Å². The molecule has 0 bridgehead atoms. The molecule has 2 aromatic rings. The Hall–Kier alpha value is -1.79. The van der Waals surface area contributed by atoms with Crippen molar-refractivity contribution in [3.8, 4) is 6.07 Å². The third-order valence-electron chi connectivity index (χ3n) is 3.45. The molecule has 0 aliphatic heterocycles. The van der Waals surface area contributed by atoms with E-state index in [-0.39, 0.29) is 0 Å². The van der Waals surface area contributed by atoms with Gasteiger partial charge in [0.05, 0.1) is 11.3 Å². The summed E-state index contributed by atoms with van der Waals surface area (Å²) >= 11 is 3.39. The van der Waals surface area contributed by atoms with E-state index >= 15 is 0 Å². The fourth-order valence-corrected chi connectivity index (χ4v) is 2.68. The smallest absolute Gasteiger partial charge is 0.101 e. The van der Waals surface area contributed by atoms with Gasteiger partial charge < -0.3 is 5.32 Å². The summed E-state index contributed by atoms with van der Waals surface area (Å²) in [5, 5.41) is 12.6. The molecule has 0 spiro atoms. The zero-order chi connectivity index (χ0) is 15.2. The van der Waals surface area contributed by atoms with E-state index in [2.05, 4.69) is 65.4 Å². The molecule has 0 aliphatic rings. The molecule has 1 unspecified atom stereocenters. The molecule has 0 saturated carbocycles. The number of hydrogen-bond donors (Lipinski definition) is 1. The van der Waals surface area contributed by atoms with Crippen molar-refractivity contribution in [2.45, 2.75) is 32.7 Å². The van der Waals surface area contributed by atoms with E-state index in [9.17, 15) is 5.26 Å². The van der Waals surface area contributed by atoms with Crippen molar-refractivity contribution in [1.29, 1.82) is 5.26 Å². The van der Waals surface area contributed by atoms with Crippen LogP contribution in [0, 0.1) is 18.3 Å². The first-order valence-corrected chi connectivity index (χ1v) is 7.89. The number of halogens is 1. The number of nitrogens with one attached hydrogen (secondary N) is 1. The highest BCUT2D eigenvalue weighted by Gasteiger charge is 2.07. The monoisotopic (exact) mass is 342 g/mol. The Kier molecular flexibility index (Phi) is 5.41. The summed E-state index contributed by atoms with van der Waals surface area (Å²) in [6, 6.07) is 16.9. The molecule has 0 fully saturated rings. The lowest BCUT2D eigenvalue weighted by Crippen LogP contribution is -2.16. The van der Waals surface area contributed by atoms with Gasteiger partial charge in [-0.3, -0.25) is 0 Å². The van der Waals surface area contributed by atoms with Crippen LogP contribution in [-0.4, -0.2) is 6.04 Å². The molecule has 108 valence electrons. The van der Waals surface area contributed by atoms with Crippen LogP contribution in [0.1, 0.15) is 30.0 Å². The van der Waals surface area contributed by atoms with Crippen LogP contribution >= 0.6 is 15.9 Å². The fraction of sp³-hybridized carbons (Fsp3) is 0.278. The predicted molar refractivity (Wildman–Crippen MR) is 91.4 cm³/mol. The zero-order valence-corrected chi connectivity index (χ0v) is 13.9. The van der Waals surface area contributed by atoms with Crippen molar-refractivity contribution in [3.63, 3.8) is 0 Å². The molecule has 0 radical (unpaired) electrons. The second kappa shape index (κ2) is 7.28. The highest BCUT2D eigenvalue weighted by Crippen LogP contribution is 2.21. The normalized spacial score (nSPS) is 11.7. The second-order valence-electron chi connectivity index (χ2n) is 5.37. The summed E-state index contributed by atoms with van der Waals surface area (Å²) in [6.07, 6.45) is 2.07. The third-order valence-corrected chi connectivity index (χ3v) is 3.95. The average molecular weight is 343 g/mol. The Labute approximate surface area is 134 Å². The lowest BCUT2D eigenvalue weighted by Gasteiger charge is -2.16. The molecular formula is C18H19BrN2. The second-order valence-corrected chi connectivity index (χ2v) is 6.29. The van der Waals surface area contributed by atoms with Crippen LogP contribution in [0.4, 0.5) is 5.69 Å². The summed E-state index contributed by atoms with van der Waals surface area (Å²) in [4.78, 5) is 0. The van der Waals surface area contributed by atoms with Gasteiger partial charge in [0.1, 0.15) is 6.07 Å². The number of anilines is 1. The lowest BCUT2D eigenvalue weighted by atomic mass is 10.0. The van der Waals surface area contributed by atoms with E-state index in [0.717, 1.165) is 23.0 Å². The van der Waals surface area contributed by atoms with Gasteiger partial charge in [-0.1, -0.05) is 45.8 Å². The number of rotatable bonds is 5. The van der Waals surface area contributed by atoms with Crippen molar-refractivity contribution >= 4 is 21.6 Å². The van der Waals surface area contributed by atoms with E-state index in [1.165, 1.54) is 11.1 Å². The number of nitrogens with zero attached hydrogens (tertiary/aromatic N) is 1. The van der Waals surface area contributed by atoms with E-state index in [4.69, 9.17) is 0 Å². The van der Waals surface area contributed by atoms with Crippen LogP contribution in [0.5, 0.6) is 0 Å². The lowest BCUT2D eigenvalue weighted by molar-refractivity contribution is 0.705. The van der Waals surface area contributed by atoms with Crippen molar-refractivity contribution in [3.05, 3.63) is 63.6 Å². The molecule has 1 atom stereocenters. The predicted octanol–water partition coefficient (Wildman–Crippen LogP) is 5.06. The summed E-state index contributed by atoms with van der Waals surface area (Å²) < 4.78 is 0.928. The van der Waals surface area contributed by atoms with Crippen molar-refractivity contribution in [2.24, 2.45) is 0 Å². The maximum Gasteiger partial charge on any atom is 0.101 e. The van der Waals surface area contributed by atoms with Gasteiger partial charge in [0.15, 0.2) is 0 Å². The van der Waals surface area contributed by atoms with Gasteiger partial charge in [0.2, 0.25) is 0 Å². The molecule has 0 heterocycles. The summed E-state index contributed by atoms with van der Waals surface area (Å²) in [5.41, 5.74) is 4.23. The largest absolute Gasteiger partial charge is 0.382 e. The van der Waals surface area contributed by atoms with Gasteiger partial charge in [-0.15, -0.1) is 0 Å². The van der Waals surface area contributed by atoms with Crippen LogP contribution in [0.15, 0.2) is 46.9 Å². The van der Waals surface area contributed by atoms with Gasteiger partial charge in [0, 0.05) is 10.5 Å². The molecule has 0 saturated heterocycles. The highest BCUT2D eigenvalue weighted by atomic mass is 79.9. The van der Waals surface area contributed by atoms with Crippen molar-refractivity contribution in [1.82, 2.24) is 0 Å². The molecule has 21 heavy (non-hydrogen) atoms. The fourth-order valence-electron chi connectivity index (χ4n) is 2.32. The summed E-state index contributed by atoms with van der Waals surface area (Å²) in [6.45, 7) is 4.27. The Balaban J connectivity index is 1.96. The molecule has 0 aromatic heterocycles. The Morgan fingerprint density at radius 3 is 2.76 bits per heavy atom. The minimum absolute atomic E-state index is 0.318. The van der Waals surface area contributed by atoms with E-state index in [1.54, 1.807) is 0 Å². The first kappa shape index (κ1) is 15.6. The number of aryl methyl sites for hydroxylation is 2. The van der Waals surface area contributed by atoms with Crippen LogP contribution in [0.2, 0.25) is 0 Å². The maximum absolute atomic E-state index is 9.18. The van der Waals surface area contributed by atoms with Gasteiger partial charge in [-0.2, -0.15) is 5.26 Å². The molecule has 2 rings (SSSR count). The SMILES string of the molecule is Cc1cccc(CCC(C)Nc2ccc(Br)cc2C#N)c1. The molecule has 3 heteroatoms. The van der Waals surface area contributed by atoms with Crippen molar-refractivity contribution < 1.29 is 0 Å². The Bertz CT molecular complexity index is 659. The molecule has 2 nitrogen and oxygen atoms in total. The Morgan fingerprint density at radius 2 is 2.05 bits per heavy atom. The first-order chi connectivity index (χ1) is 10.1. The van der Waals surface area contributed by atoms with Gasteiger partial charge >= 0.3 is 0 Å². The third kappa shape index (κ3) is 4.61. The van der Waals surface area contributed by atoms with E-state index < -0.39 is 0 Å². The van der Waals surface area contributed by atoms with Crippen LogP contribution < -0.4 is 5.32 Å². The number of hydrogen-bond acceptors (Lipinski definition) is 2. The van der Waals surface area contributed by atoms with Gasteiger partial charge in [-0.25, -0.2) is 0 Å². The Morgan fingerprint density at radius 1 is 1.24 bits per heavy atom. The average Bonchev–Trinajstić information content (AvgIpc) is 2.47. The van der Waals surface area contributed by atoms with Crippen molar-refractivity contribution in [2.75, 3.05) is 5.32 Å². The van der Waals surface area contributed by atoms with Crippen LogP contribution in [0.3, 0.4) is 0 Å². The highest BCUT2D eigenvalue weighted by molar-refractivity contribution is 9.10. The van der Waals surface area contributed by atoms with Crippen LogP contribution in [0.25, 0.3) is 0 Å². The van der Waals surface area contributed by atoms with E-state index in [0.29, 0.717) is 11.6 Å². The first-order valence-electron chi connectivity index (χ1n) is 7.10. The molecular weight excluding hydrogens is 324 g/mol. The van der Waals surface area contributed by atoms with Crippen LogP contribution in [-0.2, 0) is 6.42 Å². The van der Waals surface area contributed by atoms with E-state index in [1.807, 2.05) is 18.2 Å². The minimum Gasteiger partial charge on any atom is -0.382 e. The number of benzene rings is 2.